The molecule has 0 spiro atoms. The van der Waals surface area contributed by atoms with Crippen molar-refractivity contribution in [3.8, 4) is 0 Å². The van der Waals surface area contributed by atoms with Crippen LogP contribution in [0.4, 0.5) is 76.7 Å². The first-order valence-corrected chi connectivity index (χ1v) is 42.9. The zero-order valence-corrected chi connectivity index (χ0v) is 117. The van der Waals surface area contributed by atoms with Crippen molar-refractivity contribution in [3.05, 3.63) is 0 Å². The number of nitrogens with zero attached hydrogens (tertiary/aromatic N) is 16. The Bertz CT molecular complexity index is 2030. The monoisotopic (exact) mass is 3500 g/mol. The normalized spacial score (nSPS) is 7.57. The molecule has 0 bridgehead atoms. The van der Waals surface area contributed by atoms with E-state index in [0.717, 1.165) is 0 Å². The Labute approximate surface area is 1000 Å². The van der Waals surface area contributed by atoms with Gasteiger partial charge < -0.3 is 303 Å². The fourth-order valence-corrected chi connectivity index (χ4v) is 7.71. The third-order valence-corrected chi connectivity index (χ3v) is 16.3. The van der Waals surface area contributed by atoms with Gasteiger partial charge in [0.15, 0.2) is 0 Å². The maximum absolute atomic E-state index is 9.98. The molecule has 0 aromatic rings. The first-order valence-electron chi connectivity index (χ1n) is 42.9. The number of rotatable bonds is 32. The summed E-state index contributed by atoms with van der Waals surface area (Å²) < 4.78 is 0. The molecule has 864 valence electrons. The van der Waals surface area contributed by atoms with E-state index in [1.807, 2.05) is 0 Å². The van der Waals surface area contributed by atoms with Gasteiger partial charge >= 0.3 is 179 Å². The summed E-state index contributed by atoms with van der Waals surface area (Å²) in [6, 6.07) is 0. The second-order valence-corrected chi connectivity index (χ2v) is 23.0. The van der Waals surface area contributed by atoms with E-state index >= 15 is 0 Å². The standard InChI is InChI=1S/16C5H11NO2.12O.8Ta/c16*1-3-6(4-2)5(7)8;;;;;;;;;;;;;;;;;;;;/h16*3-4H2,1-2H3,(H,7,8);;;;;;;;;;;;;;;;;;;;/q;;;;;;;;;;;;;;;;12*-2;8*+5/p-16. The minimum atomic E-state index is -1.09. The van der Waals surface area contributed by atoms with Crippen LogP contribution in [0.5, 0.6) is 0 Å². The van der Waals surface area contributed by atoms with Gasteiger partial charge in [0.1, 0.15) is 97.5 Å². The Hall–Kier alpha value is -6.24. The number of amides is 16. The van der Waals surface area contributed by atoms with Gasteiger partial charge in [0, 0.05) is 209 Å². The Kier molecular flexibility index (Phi) is 315. The molecule has 0 aromatic heterocycles. The van der Waals surface area contributed by atoms with E-state index in [1.165, 1.54) is 78.4 Å². The summed E-state index contributed by atoms with van der Waals surface area (Å²) in [5, 5.41) is 160. The Morgan fingerprint density at radius 2 is 0.115 bits per heavy atom. The zero-order chi connectivity index (χ0) is 105. The van der Waals surface area contributed by atoms with Crippen LogP contribution in [-0.2, 0) is 245 Å². The van der Waals surface area contributed by atoms with Crippen molar-refractivity contribution in [2.45, 2.75) is 222 Å². The maximum Gasteiger partial charge on any atom is 5.00 e. The second kappa shape index (κ2) is 185. The van der Waals surface area contributed by atoms with E-state index in [2.05, 4.69) is 0 Å². The van der Waals surface area contributed by atoms with Crippen molar-refractivity contribution in [1.29, 1.82) is 0 Å². The quantitative estimate of drug-likeness (QED) is 0.0604. The molecule has 0 unspecified atom stereocenters. The van der Waals surface area contributed by atoms with Crippen molar-refractivity contribution in [3.63, 3.8) is 0 Å². The van der Waals surface area contributed by atoms with Crippen LogP contribution in [0.25, 0.3) is 0 Å². The molecule has 0 rings (SSSR count). The summed E-state index contributed by atoms with van der Waals surface area (Å²) in [6.45, 7) is 73.3. The molecule has 0 saturated carbocycles. The molecular weight excluding hydrogens is 3340 g/mol. The van der Waals surface area contributed by atoms with Crippen molar-refractivity contribution >= 4 is 97.5 Å². The fraction of sp³-hybridized carbons (Fsp3) is 0.800. The van der Waals surface area contributed by atoms with E-state index in [0.29, 0.717) is 209 Å². The molecule has 0 N–H and O–H groups in total. The van der Waals surface area contributed by atoms with Crippen LogP contribution < -0.4 is 81.7 Å². The zero-order valence-electron chi connectivity index (χ0n) is 91.3. The third kappa shape index (κ3) is 182. The van der Waals surface area contributed by atoms with Crippen molar-refractivity contribution in [2.24, 2.45) is 0 Å². The maximum atomic E-state index is 9.98. The van der Waals surface area contributed by atoms with Crippen LogP contribution in [-0.4, -0.2) is 385 Å². The molecule has 0 aliphatic carbocycles. The number of carbonyl (C=O) groups is 16. The van der Waals surface area contributed by atoms with E-state index in [1.54, 1.807) is 222 Å². The minimum Gasteiger partial charge on any atom is -2.00 e. The first kappa shape index (κ1) is 251. The molecule has 60 nitrogen and oxygen atoms in total. The van der Waals surface area contributed by atoms with Gasteiger partial charge in [-0.3, -0.25) is 0 Å². The second-order valence-electron chi connectivity index (χ2n) is 23.0. The predicted octanol–water partition coefficient (Wildman–Crippen LogP) is -6.70. The largest absolute Gasteiger partial charge is 5.00 e. The van der Waals surface area contributed by atoms with E-state index < -0.39 is 97.5 Å². The number of hydrogen-bond acceptors (Lipinski definition) is 32. The molecular formula is C80H160N16O44Ta8. The summed E-state index contributed by atoms with van der Waals surface area (Å²) in [5.74, 6) is 0. The van der Waals surface area contributed by atoms with Crippen LogP contribution >= 0.6 is 0 Å². The molecule has 0 fully saturated rings. The van der Waals surface area contributed by atoms with Gasteiger partial charge in [-0.1, -0.05) is 0 Å². The SMILES string of the molecule is CCN(CC)C(=O)[O-].CCN(CC)C(=O)[O-].CCN(CC)C(=O)[O-].CCN(CC)C(=O)[O-].CCN(CC)C(=O)[O-].CCN(CC)C(=O)[O-].CCN(CC)C(=O)[O-].CCN(CC)C(=O)[O-].CCN(CC)C(=O)[O-].CCN(CC)C(=O)[O-].CCN(CC)C(=O)[O-].CCN(CC)C(=O)[O-].CCN(CC)C(=O)[O-].CCN(CC)C(=O)[O-].CCN(CC)C(=O)[O-].CCN(CC)C(=O)[O-].[O-2].[O-2].[O-2].[O-2].[O-2].[O-2].[O-2].[O-2].[O-2].[O-2].[O-2].[O-2].[Ta+5].[Ta+5].[Ta+5].[Ta+5].[Ta+5].[Ta+5].[Ta+5].[Ta+5]. The molecule has 148 heavy (non-hydrogen) atoms. The van der Waals surface area contributed by atoms with Gasteiger partial charge in [-0.15, -0.1) is 0 Å². The van der Waals surface area contributed by atoms with Gasteiger partial charge in [-0.05, 0) is 222 Å². The molecule has 0 saturated heterocycles. The number of carboxylic acid groups (broad SMARTS) is 16. The topological polar surface area (TPSA) is 1040 Å². The summed E-state index contributed by atoms with van der Waals surface area (Å²) >= 11 is 0. The predicted molar refractivity (Wildman–Crippen MR) is 461 cm³/mol. The summed E-state index contributed by atoms with van der Waals surface area (Å²) in [6.07, 6.45) is -17.4. The van der Waals surface area contributed by atoms with Crippen LogP contribution in [0.1, 0.15) is 222 Å². The molecule has 0 aromatic carbocycles. The smallest absolute Gasteiger partial charge is 2.00 e. The molecule has 68 heteroatoms. The van der Waals surface area contributed by atoms with Crippen molar-refractivity contribution in [1.82, 2.24) is 78.4 Å². The molecule has 16 amide bonds. The Balaban J connectivity index is -0.0000000264. The van der Waals surface area contributed by atoms with Gasteiger partial charge in [0.2, 0.25) is 0 Å². The number of hydrogen-bond donors (Lipinski definition) is 0. The summed E-state index contributed by atoms with van der Waals surface area (Å²) in [5.41, 5.74) is 0. The van der Waals surface area contributed by atoms with Gasteiger partial charge in [0.05, 0.1) is 0 Å². The van der Waals surface area contributed by atoms with Crippen LogP contribution in [0.3, 0.4) is 0 Å². The molecule has 0 heterocycles. The average Bonchev–Trinajstić information content (AvgIpc) is 1.18. The fourth-order valence-electron chi connectivity index (χ4n) is 7.71. The minimum absolute atomic E-state index is 0. The molecule has 0 radical (unpaired) electrons. The Morgan fingerprint density at radius 1 is 0.0946 bits per heavy atom. The van der Waals surface area contributed by atoms with Crippen molar-refractivity contribution < 1.29 is 403 Å². The van der Waals surface area contributed by atoms with Crippen LogP contribution in [0, 0.1) is 0 Å². The van der Waals surface area contributed by atoms with Gasteiger partial charge in [0.25, 0.3) is 0 Å². The Morgan fingerprint density at radius 3 is 0.115 bits per heavy atom. The average molecular weight is 3500 g/mol. The molecule has 0 aliphatic heterocycles. The van der Waals surface area contributed by atoms with E-state index in [-0.39, 0.29) is 245 Å². The third-order valence-electron chi connectivity index (χ3n) is 16.3. The van der Waals surface area contributed by atoms with E-state index in [4.69, 9.17) is 0 Å². The van der Waals surface area contributed by atoms with Crippen molar-refractivity contribution in [2.75, 3.05) is 209 Å². The first-order chi connectivity index (χ1) is 59.5. The van der Waals surface area contributed by atoms with Gasteiger partial charge in [-0.25, -0.2) is 0 Å². The summed E-state index contributed by atoms with van der Waals surface area (Å²) in [7, 11) is 0. The number of carbonyl (C=O) groups excluding carboxylic acids is 16. The molecule has 0 atom stereocenters. The molecule has 0 aliphatic rings. The van der Waals surface area contributed by atoms with Crippen LogP contribution in [0.2, 0.25) is 0 Å². The van der Waals surface area contributed by atoms with Crippen LogP contribution in [0.15, 0.2) is 0 Å². The summed E-state index contributed by atoms with van der Waals surface area (Å²) in [4.78, 5) is 179. The van der Waals surface area contributed by atoms with Gasteiger partial charge in [-0.2, -0.15) is 0 Å². The van der Waals surface area contributed by atoms with E-state index in [9.17, 15) is 158 Å².